The van der Waals surface area contributed by atoms with E-state index in [4.69, 9.17) is 9.47 Å². The SMILES string of the molecule is CC(=O)O[C@@H]1OCC[C@@H]1NC(=O)[C@H](CC(C)C)NC(=O)Cc1cccc2ccccc12. The van der Waals surface area contributed by atoms with Crippen LogP contribution in [0.2, 0.25) is 0 Å². The van der Waals surface area contributed by atoms with Crippen molar-refractivity contribution in [2.24, 2.45) is 5.92 Å². The molecule has 0 aliphatic carbocycles. The topological polar surface area (TPSA) is 93.7 Å². The molecular weight excluding hydrogens is 396 g/mol. The van der Waals surface area contributed by atoms with Crippen LogP contribution in [0, 0.1) is 5.92 Å². The van der Waals surface area contributed by atoms with E-state index >= 15 is 0 Å². The summed E-state index contributed by atoms with van der Waals surface area (Å²) < 4.78 is 10.5. The molecule has 2 aromatic carbocycles. The first-order valence-electron chi connectivity index (χ1n) is 10.7. The number of carbonyl (C=O) groups excluding carboxylic acids is 3. The molecule has 0 bridgehead atoms. The quantitative estimate of drug-likeness (QED) is 0.633. The summed E-state index contributed by atoms with van der Waals surface area (Å²) in [6.07, 6.45) is 0.430. The predicted molar refractivity (Wildman–Crippen MR) is 117 cm³/mol. The Labute approximate surface area is 182 Å². The van der Waals surface area contributed by atoms with Crippen molar-refractivity contribution in [3.8, 4) is 0 Å². The summed E-state index contributed by atoms with van der Waals surface area (Å²) in [6.45, 7) is 5.69. The molecule has 2 N–H and O–H groups in total. The van der Waals surface area contributed by atoms with Gasteiger partial charge in [0, 0.05) is 6.92 Å². The minimum absolute atomic E-state index is 0.186. The Hall–Kier alpha value is -2.93. The molecule has 1 fully saturated rings. The van der Waals surface area contributed by atoms with Gasteiger partial charge in [-0.05, 0) is 35.1 Å². The molecule has 3 atom stereocenters. The molecular formula is C24H30N2O5. The number of esters is 1. The number of carbonyl (C=O) groups is 3. The average molecular weight is 427 g/mol. The van der Waals surface area contributed by atoms with Crippen molar-refractivity contribution >= 4 is 28.6 Å². The number of fused-ring (bicyclic) bond motifs is 1. The molecule has 7 nitrogen and oxygen atoms in total. The smallest absolute Gasteiger partial charge is 0.305 e. The van der Waals surface area contributed by atoms with Gasteiger partial charge in [-0.25, -0.2) is 0 Å². The highest BCUT2D eigenvalue weighted by atomic mass is 16.7. The Kier molecular flexibility index (Phi) is 7.63. The molecule has 0 saturated carbocycles. The third-order valence-corrected chi connectivity index (χ3v) is 5.24. The average Bonchev–Trinajstić information content (AvgIpc) is 3.13. The Morgan fingerprint density at radius 3 is 2.61 bits per heavy atom. The molecule has 7 heteroatoms. The van der Waals surface area contributed by atoms with E-state index in [9.17, 15) is 14.4 Å². The molecule has 2 amide bonds. The molecule has 1 saturated heterocycles. The fourth-order valence-corrected chi connectivity index (χ4v) is 3.83. The van der Waals surface area contributed by atoms with E-state index in [0.29, 0.717) is 19.4 Å². The molecule has 2 aromatic rings. The molecule has 1 heterocycles. The summed E-state index contributed by atoms with van der Waals surface area (Å²) in [5.74, 6) is -0.769. The predicted octanol–water partition coefficient (Wildman–Crippen LogP) is 2.71. The van der Waals surface area contributed by atoms with Crippen LogP contribution in [0.25, 0.3) is 10.8 Å². The van der Waals surface area contributed by atoms with E-state index in [1.807, 2.05) is 56.3 Å². The number of amides is 2. The van der Waals surface area contributed by atoms with E-state index in [-0.39, 0.29) is 24.2 Å². The first kappa shape index (κ1) is 22.7. The normalized spacial score (nSPS) is 19.2. The second-order valence-corrected chi connectivity index (χ2v) is 8.32. The van der Waals surface area contributed by atoms with Crippen LogP contribution in [0.15, 0.2) is 42.5 Å². The molecule has 0 radical (unpaired) electrons. The van der Waals surface area contributed by atoms with Crippen molar-refractivity contribution in [2.45, 2.75) is 58.4 Å². The first-order valence-corrected chi connectivity index (χ1v) is 10.7. The van der Waals surface area contributed by atoms with E-state index in [1.165, 1.54) is 6.92 Å². The van der Waals surface area contributed by atoms with E-state index in [1.54, 1.807) is 0 Å². The summed E-state index contributed by atoms with van der Waals surface area (Å²) >= 11 is 0. The van der Waals surface area contributed by atoms with E-state index in [0.717, 1.165) is 16.3 Å². The summed E-state index contributed by atoms with van der Waals surface area (Å²) in [4.78, 5) is 37.0. The van der Waals surface area contributed by atoms with Crippen LogP contribution in [0.1, 0.15) is 39.2 Å². The van der Waals surface area contributed by atoms with Crippen LogP contribution in [-0.2, 0) is 30.3 Å². The standard InChI is InChI=1S/C24H30N2O5/c1-15(2)13-21(23(29)26-20-11-12-30-24(20)31-16(3)27)25-22(28)14-18-9-6-8-17-7-4-5-10-19(17)18/h4-10,15,20-21,24H,11-14H2,1-3H3,(H,25,28)(H,26,29)/t20-,21-,24-/m0/s1. The zero-order chi connectivity index (χ0) is 22.4. The van der Waals surface area contributed by atoms with Crippen molar-refractivity contribution in [1.29, 1.82) is 0 Å². The van der Waals surface area contributed by atoms with Crippen LogP contribution in [0.4, 0.5) is 0 Å². The number of nitrogens with one attached hydrogen (secondary N) is 2. The molecule has 3 rings (SSSR count). The maximum absolute atomic E-state index is 12.9. The van der Waals surface area contributed by atoms with Gasteiger partial charge < -0.3 is 20.1 Å². The maximum atomic E-state index is 12.9. The van der Waals surface area contributed by atoms with Crippen molar-refractivity contribution in [3.63, 3.8) is 0 Å². The number of rotatable bonds is 8. The van der Waals surface area contributed by atoms with E-state index < -0.39 is 24.3 Å². The third kappa shape index (κ3) is 6.28. The van der Waals surface area contributed by atoms with Crippen LogP contribution in [0.3, 0.4) is 0 Å². The largest absolute Gasteiger partial charge is 0.434 e. The van der Waals surface area contributed by atoms with Crippen LogP contribution in [-0.4, -0.2) is 42.8 Å². The molecule has 1 aliphatic heterocycles. The zero-order valence-corrected chi connectivity index (χ0v) is 18.2. The van der Waals surface area contributed by atoms with Gasteiger partial charge in [-0.3, -0.25) is 14.4 Å². The first-order chi connectivity index (χ1) is 14.8. The highest BCUT2D eigenvalue weighted by Gasteiger charge is 2.34. The Bertz CT molecular complexity index is 937. The van der Waals surface area contributed by atoms with E-state index in [2.05, 4.69) is 10.6 Å². The Morgan fingerprint density at radius 1 is 1.13 bits per heavy atom. The number of hydrogen-bond acceptors (Lipinski definition) is 5. The number of benzene rings is 2. The molecule has 0 unspecified atom stereocenters. The molecule has 1 aliphatic rings. The summed E-state index contributed by atoms with van der Waals surface area (Å²) in [5.41, 5.74) is 0.915. The summed E-state index contributed by atoms with van der Waals surface area (Å²) in [7, 11) is 0. The van der Waals surface area contributed by atoms with Crippen LogP contribution >= 0.6 is 0 Å². The summed E-state index contributed by atoms with van der Waals surface area (Å²) in [6, 6.07) is 12.7. The second-order valence-electron chi connectivity index (χ2n) is 8.32. The van der Waals surface area contributed by atoms with Gasteiger partial charge in [0.15, 0.2) is 0 Å². The van der Waals surface area contributed by atoms with Gasteiger partial charge >= 0.3 is 5.97 Å². The lowest BCUT2D eigenvalue weighted by Gasteiger charge is -2.24. The van der Waals surface area contributed by atoms with Crippen molar-refractivity contribution in [2.75, 3.05) is 6.61 Å². The molecule has 0 spiro atoms. The van der Waals surface area contributed by atoms with Crippen molar-refractivity contribution in [3.05, 3.63) is 48.0 Å². The highest BCUT2D eigenvalue weighted by Crippen LogP contribution is 2.19. The highest BCUT2D eigenvalue weighted by molar-refractivity contribution is 5.92. The molecule has 0 aromatic heterocycles. The van der Waals surface area contributed by atoms with Gasteiger partial charge in [0.25, 0.3) is 0 Å². The van der Waals surface area contributed by atoms with Crippen molar-refractivity contribution < 1.29 is 23.9 Å². The lowest BCUT2D eigenvalue weighted by molar-refractivity contribution is -0.170. The lowest BCUT2D eigenvalue weighted by atomic mass is 10.00. The third-order valence-electron chi connectivity index (χ3n) is 5.24. The van der Waals surface area contributed by atoms with Crippen molar-refractivity contribution in [1.82, 2.24) is 10.6 Å². The summed E-state index contributed by atoms with van der Waals surface area (Å²) in [5, 5.41) is 7.87. The van der Waals surface area contributed by atoms with Gasteiger partial charge in [-0.1, -0.05) is 56.3 Å². The fraction of sp³-hybridized carbons (Fsp3) is 0.458. The number of hydrogen-bond donors (Lipinski definition) is 2. The lowest BCUT2D eigenvalue weighted by Crippen LogP contribution is -2.52. The minimum atomic E-state index is -0.799. The zero-order valence-electron chi connectivity index (χ0n) is 18.2. The van der Waals surface area contributed by atoms with Gasteiger partial charge in [0.2, 0.25) is 18.1 Å². The monoisotopic (exact) mass is 426 g/mol. The Morgan fingerprint density at radius 2 is 1.87 bits per heavy atom. The molecule has 166 valence electrons. The van der Waals surface area contributed by atoms with Crippen LogP contribution in [0.5, 0.6) is 0 Å². The fourth-order valence-electron chi connectivity index (χ4n) is 3.83. The van der Waals surface area contributed by atoms with Gasteiger partial charge in [-0.15, -0.1) is 0 Å². The van der Waals surface area contributed by atoms with Gasteiger partial charge in [0.1, 0.15) is 6.04 Å². The van der Waals surface area contributed by atoms with Gasteiger partial charge in [0.05, 0.1) is 19.1 Å². The number of ether oxygens (including phenoxy) is 2. The van der Waals surface area contributed by atoms with Gasteiger partial charge in [-0.2, -0.15) is 0 Å². The minimum Gasteiger partial charge on any atom is -0.434 e. The maximum Gasteiger partial charge on any atom is 0.305 e. The van der Waals surface area contributed by atoms with Crippen LogP contribution < -0.4 is 10.6 Å². The molecule has 31 heavy (non-hydrogen) atoms. The Balaban J connectivity index is 1.66. The second kappa shape index (κ2) is 10.4.